The zero-order chi connectivity index (χ0) is 14.0. The molecule has 5 nitrogen and oxygen atoms in total. The van der Waals surface area contributed by atoms with E-state index < -0.39 is 11.8 Å². The van der Waals surface area contributed by atoms with E-state index in [1.807, 2.05) is 0 Å². The van der Waals surface area contributed by atoms with Crippen molar-refractivity contribution in [3.63, 3.8) is 0 Å². The summed E-state index contributed by atoms with van der Waals surface area (Å²) in [6.45, 7) is 3.75. The minimum absolute atomic E-state index is 0. The van der Waals surface area contributed by atoms with Gasteiger partial charge in [-0.25, -0.2) is 18.9 Å². The summed E-state index contributed by atoms with van der Waals surface area (Å²) in [4.78, 5) is 15.7. The Morgan fingerprint density at radius 3 is 2.80 bits per heavy atom. The molecule has 108 valence electrons. The maximum absolute atomic E-state index is 13.1. The smallest absolute Gasteiger partial charge is 0.341 e. The molecule has 0 radical (unpaired) electrons. The van der Waals surface area contributed by atoms with E-state index in [1.54, 1.807) is 13.8 Å². The van der Waals surface area contributed by atoms with Crippen molar-refractivity contribution in [2.24, 2.45) is 0 Å². The summed E-state index contributed by atoms with van der Waals surface area (Å²) in [5, 5.41) is 4.07. The lowest BCUT2D eigenvalue weighted by Crippen LogP contribution is -2.07. The van der Waals surface area contributed by atoms with Crippen LogP contribution in [0.2, 0.25) is 0 Å². The Morgan fingerprint density at radius 1 is 1.50 bits per heavy atom. The number of carbonyl (C=O) groups is 1. The molecular weight excluding hydrogens is 329 g/mol. The summed E-state index contributed by atoms with van der Waals surface area (Å²) in [5.41, 5.74) is 0.952. The third-order valence-corrected chi connectivity index (χ3v) is 3.07. The van der Waals surface area contributed by atoms with Crippen LogP contribution in [0, 0.1) is 12.7 Å². The number of nitrogens with zero attached hydrogens (tertiary/aromatic N) is 3. The second kappa shape index (κ2) is 6.60. The van der Waals surface area contributed by atoms with E-state index in [4.69, 9.17) is 4.74 Å². The first-order valence-corrected chi connectivity index (χ1v) is 6.38. The van der Waals surface area contributed by atoms with Gasteiger partial charge in [-0.3, -0.25) is 0 Å². The van der Waals surface area contributed by atoms with Gasteiger partial charge in [0, 0.05) is 0 Å². The van der Waals surface area contributed by atoms with Crippen molar-refractivity contribution in [3.05, 3.63) is 40.0 Å². The molecule has 0 N–H and O–H groups in total. The number of ether oxygens (including phenoxy) is 1. The fourth-order valence-electron chi connectivity index (χ4n) is 1.58. The zero-order valence-electron chi connectivity index (χ0n) is 10.4. The van der Waals surface area contributed by atoms with Crippen LogP contribution < -0.4 is 0 Å². The number of esters is 1. The Labute approximate surface area is 124 Å². The van der Waals surface area contributed by atoms with Gasteiger partial charge in [0.15, 0.2) is 11.6 Å². The van der Waals surface area contributed by atoms with Gasteiger partial charge < -0.3 is 4.74 Å². The fourth-order valence-corrected chi connectivity index (χ4v) is 1.89. The SMILES string of the molecule is C.CCOC(=O)c1cnn(-c2ccc(F)c(Br)n2)c1C. The van der Waals surface area contributed by atoms with Gasteiger partial charge in [0.25, 0.3) is 0 Å². The number of hydrogen-bond donors (Lipinski definition) is 0. The Balaban J connectivity index is 0.00000200. The normalized spacial score (nSPS) is 10.0. The topological polar surface area (TPSA) is 57.0 Å². The lowest BCUT2D eigenvalue weighted by atomic mass is 10.2. The first kappa shape index (κ1) is 16.3. The molecule has 2 aromatic rings. The number of rotatable bonds is 3. The highest BCUT2D eigenvalue weighted by Gasteiger charge is 2.17. The molecule has 0 aromatic carbocycles. The highest BCUT2D eigenvalue weighted by Crippen LogP contribution is 2.17. The van der Waals surface area contributed by atoms with Crippen molar-refractivity contribution in [2.75, 3.05) is 6.61 Å². The monoisotopic (exact) mass is 343 g/mol. The number of pyridine rings is 1. The number of hydrogen-bond acceptors (Lipinski definition) is 4. The van der Waals surface area contributed by atoms with Gasteiger partial charge in [0.05, 0.1) is 18.5 Å². The van der Waals surface area contributed by atoms with Crippen molar-refractivity contribution in [1.82, 2.24) is 14.8 Å². The van der Waals surface area contributed by atoms with Crippen LogP contribution in [0.1, 0.15) is 30.4 Å². The maximum Gasteiger partial charge on any atom is 0.341 e. The molecule has 0 aliphatic carbocycles. The molecule has 0 bridgehead atoms. The van der Waals surface area contributed by atoms with Gasteiger partial charge >= 0.3 is 5.97 Å². The van der Waals surface area contributed by atoms with Crippen LogP contribution in [-0.2, 0) is 4.74 Å². The van der Waals surface area contributed by atoms with E-state index >= 15 is 0 Å². The first-order chi connectivity index (χ1) is 9.04. The Morgan fingerprint density at radius 2 is 2.20 bits per heavy atom. The summed E-state index contributed by atoms with van der Waals surface area (Å²) < 4.78 is 19.6. The average Bonchev–Trinajstić information content (AvgIpc) is 2.75. The van der Waals surface area contributed by atoms with Gasteiger partial charge in [0.1, 0.15) is 10.2 Å². The van der Waals surface area contributed by atoms with Crippen LogP contribution in [-0.4, -0.2) is 27.3 Å². The average molecular weight is 344 g/mol. The lowest BCUT2D eigenvalue weighted by molar-refractivity contribution is 0.0525. The minimum Gasteiger partial charge on any atom is -0.462 e. The molecule has 2 heterocycles. The van der Waals surface area contributed by atoms with E-state index in [0.29, 0.717) is 23.7 Å². The molecule has 2 rings (SSSR count). The number of halogens is 2. The Bertz CT molecular complexity index is 628. The molecule has 0 unspecified atom stereocenters. The second-order valence-corrected chi connectivity index (χ2v) is 4.47. The molecule has 0 aliphatic heterocycles. The molecule has 2 aromatic heterocycles. The Hall–Kier alpha value is -1.76. The summed E-state index contributed by atoms with van der Waals surface area (Å²) in [7, 11) is 0. The van der Waals surface area contributed by atoms with Crippen LogP contribution in [0.15, 0.2) is 22.9 Å². The van der Waals surface area contributed by atoms with Crippen molar-refractivity contribution in [2.45, 2.75) is 21.3 Å². The molecule has 0 atom stereocenters. The van der Waals surface area contributed by atoms with E-state index in [1.165, 1.54) is 23.0 Å². The lowest BCUT2D eigenvalue weighted by Gasteiger charge is -2.05. The van der Waals surface area contributed by atoms with Crippen LogP contribution in [0.25, 0.3) is 5.82 Å². The van der Waals surface area contributed by atoms with Gasteiger partial charge in [-0.05, 0) is 41.9 Å². The predicted octanol–water partition coefficient (Wildman–Crippen LogP) is 3.29. The van der Waals surface area contributed by atoms with Crippen LogP contribution >= 0.6 is 15.9 Å². The third kappa shape index (κ3) is 3.04. The van der Waals surface area contributed by atoms with Crippen molar-refractivity contribution < 1.29 is 13.9 Å². The highest BCUT2D eigenvalue weighted by molar-refractivity contribution is 9.10. The van der Waals surface area contributed by atoms with E-state index in [9.17, 15) is 9.18 Å². The molecule has 0 saturated heterocycles. The van der Waals surface area contributed by atoms with Crippen molar-refractivity contribution in [3.8, 4) is 5.82 Å². The molecule has 0 spiro atoms. The van der Waals surface area contributed by atoms with Gasteiger partial charge in [-0.1, -0.05) is 7.43 Å². The standard InChI is InChI=1S/C12H11BrFN3O2.CH4/c1-3-19-12(18)8-6-15-17(7(8)2)10-5-4-9(14)11(13)16-10;/h4-6H,3H2,1-2H3;1H4. The van der Waals surface area contributed by atoms with Crippen molar-refractivity contribution >= 4 is 21.9 Å². The van der Waals surface area contributed by atoms with Crippen LogP contribution in [0.4, 0.5) is 4.39 Å². The summed E-state index contributed by atoms with van der Waals surface area (Å²) in [6.07, 6.45) is 1.41. The van der Waals surface area contributed by atoms with E-state index in [0.717, 1.165) is 0 Å². The molecular formula is C13H15BrFN3O2. The first-order valence-electron chi connectivity index (χ1n) is 5.58. The molecule has 7 heteroatoms. The zero-order valence-corrected chi connectivity index (χ0v) is 11.9. The molecule has 0 aliphatic rings. The van der Waals surface area contributed by atoms with Crippen LogP contribution in [0.3, 0.4) is 0 Å². The summed E-state index contributed by atoms with van der Waals surface area (Å²) in [5.74, 6) is -0.479. The van der Waals surface area contributed by atoms with E-state index in [-0.39, 0.29) is 12.0 Å². The van der Waals surface area contributed by atoms with E-state index in [2.05, 4.69) is 26.0 Å². The Kier molecular flexibility index (Phi) is 5.38. The predicted molar refractivity (Wildman–Crippen MR) is 76.4 cm³/mol. The largest absolute Gasteiger partial charge is 0.462 e. The van der Waals surface area contributed by atoms with Crippen molar-refractivity contribution in [1.29, 1.82) is 0 Å². The van der Waals surface area contributed by atoms with Gasteiger partial charge in [-0.15, -0.1) is 0 Å². The van der Waals surface area contributed by atoms with Gasteiger partial charge in [-0.2, -0.15) is 5.10 Å². The molecule has 0 fully saturated rings. The quantitative estimate of drug-likeness (QED) is 0.633. The highest BCUT2D eigenvalue weighted by atomic mass is 79.9. The maximum atomic E-state index is 13.1. The molecule has 20 heavy (non-hydrogen) atoms. The summed E-state index contributed by atoms with van der Waals surface area (Å²) >= 11 is 3.01. The second-order valence-electron chi connectivity index (χ2n) is 3.72. The minimum atomic E-state index is -0.459. The molecule has 0 saturated carbocycles. The fraction of sp³-hybridized carbons (Fsp3) is 0.308. The van der Waals surface area contributed by atoms with Crippen LogP contribution in [0.5, 0.6) is 0 Å². The summed E-state index contributed by atoms with van der Waals surface area (Å²) in [6, 6.07) is 2.76. The molecule has 0 amide bonds. The van der Waals surface area contributed by atoms with Gasteiger partial charge in [0.2, 0.25) is 0 Å². The number of carbonyl (C=O) groups excluding carboxylic acids is 1. The third-order valence-electron chi connectivity index (χ3n) is 2.51. The number of aromatic nitrogens is 3.